The summed E-state index contributed by atoms with van der Waals surface area (Å²) in [6, 6.07) is 0.256. The molecule has 2 unspecified atom stereocenters. The molecule has 2 atom stereocenters. The lowest BCUT2D eigenvalue weighted by Gasteiger charge is -2.22. The third kappa shape index (κ3) is 3.01. The first-order valence-corrected chi connectivity index (χ1v) is 6.89. The van der Waals surface area contributed by atoms with Crippen LogP contribution < -0.4 is 11.1 Å². The van der Waals surface area contributed by atoms with Crippen LogP contribution in [0.2, 0.25) is 0 Å². The van der Waals surface area contributed by atoms with Crippen molar-refractivity contribution in [3.63, 3.8) is 0 Å². The van der Waals surface area contributed by atoms with Gasteiger partial charge in [-0.3, -0.25) is 0 Å². The van der Waals surface area contributed by atoms with E-state index in [0.29, 0.717) is 16.7 Å². The predicted molar refractivity (Wildman–Crippen MR) is 79.4 cm³/mol. The molecule has 1 fully saturated rings. The number of hydrogen-bond acceptors (Lipinski definition) is 5. The second-order valence-electron chi connectivity index (χ2n) is 5.05. The summed E-state index contributed by atoms with van der Waals surface area (Å²) in [5, 5.41) is 11.7. The number of nitrogens with zero attached hydrogens (tertiary/aromatic N) is 2. The van der Waals surface area contributed by atoms with E-state index in [0.717, 1.165) is 36.5 Å². The molecule has 0 aliphatic carbocycles. The maximum atomic E-state index is 5.81. The molecule has 0 saturated carbocycles. The van der Waals surface area contributed by atoms with Crippen LogP contribution in [-0.4, -0.2) is 34.4 Å². The van der Waals surface area contributed by atoms with Crippen molar-refractivity contribution in [3.8, 4) is 0 Å². The second-order valence-corrected chi connectivity index (χ2v) is 5.49. The van der Waals surface area contributed by atoms with Crippen molar-refractivity contribution < 1.29 is 4.74 Å². The van der Waals surface area contributed by atoms with Gasteiger partial charge in [0, 0.05) is 18.6 Å². The van der Waals surface area contributed by atoms with Crippen LogP contribution in [0.5, 0.6) is 0 Å². The van der Waals surface area contributed by atoms with Gasteiger partial charge in [-0.1, -0.05) is 12.2 Å². The lowest BCUT2D eigenvalue weighted by atomic mass is 10.00. The van der Waals surface area contributed by atoms with E-state index < -0.39 is 0 Å². The van der Waals surface area contributed by atoms with Crippen LogP contribution in [0.15, 0.2) is 0 Å². The van der Waals surface area contributed by atoms with Gasteiger partial charge in [0.1, 0.15) is 4.99 Å². The normalized spacial score (nSPS) is 20.3. The van der Waals surface area contributed by atoms with Crippen LogP contribution in [-0.2, 0) is 4.74 Å². The largest absolute Gasteiger partial charge is 0.389 e. The minimum atomic E-state index is 0.256. The van der Waals surface area contributed by atoms with Crippen molar-refractivity contribution >= 4 is 23.0 Å². The van der Waals surface area contributed by atoms with Crippen molar-refractivity contribution in [3.05, 3.63) is 16.8 Å². The van der Waals surface area contributed by atoms with Crippen LogP contribution in [0.4, 0.5) is 5.82 Å². The van der Waals surface area contributed by atoms with Crippen LogP contribution in [0.1, 0.15) is 30.2 Å². The van der Waals surface area contributed by atoms with E-state index in [1.165, 1.54) is 0 Å². The van der Waals surface area contributed by atoms with Gasteiger partial charge in [0.2, 0.25) is 0 Å². The summed E-state index contributed by atoms with van der Waals surface area (Å²) in [7, 11) is 0. The van der Waals surface area contributed by atoms with Gasteiger partial charge in [-0.25, -0.2) is 0 Å². The Hall–Kier alpha value is -1.27. The van der Waals surface area contributed by atoms with Crippen molar-refractivity contribution in [2.75, 3.05) is 18.5 Å². The van der Waals surface area contributed by atoms with Crippen LogP contribution in [0.25, 0.3) is 0 Å². The van der Waals surface area contributed by atoms with Crippen LogP contribution >= 0.6 is 12.2 Å². The fourth-order valence-electron chi connectivity index (χ4n) is 2.29. The highest BCUT2D eigenvalue weighted by Gasteiger charge is 2.24. The number of ether oxygens (including phenoxy) is 1. The molecule has 2 heterocycles. The van der Waals surface area contributed by atoms with Crippen molar-refractivity contribution in [2.45, 2.75) is 33.2 Å². The maximum Gasteiger partial charge on any atom is 0.159 e. The number of aromatic nitrogens is 2. The molecule has 3 N–H and O–H groups in total. The lowest BCUT2D eigenvalue weighted by Crippen LogP contribution is -2.29. The molecule has 19 heavy (non-hydrogen) atoms. The first kappa shape index (κ1) is 14.1. The Kier molecular flexibility index (Phi) is 4.31. The van der Waals surface area contributed by atoms with E-state index in [9.17, 15) is 0 Å². The van der Waals surface area contributed by atoms with Gasteiger partial charge >= 0.3 is 0 Å². The van der Waals surface area contributed by atoms with Gasteiger partial charge in [0.05, 0.1) is 17.9 Å². The Bertz CT molecular complexity index is 486. The summed E-state index contributed by atoms with van der Waals surface area (Å²) in [6.45, 7) is 7.61. The fourth-order valence-corrected chi connectivity index (χ4v) is 2.54. The molecule has 6 heteroatoms. The Balaban J connectivity index is 2.24. The lowest BCUT2D eigenvalue weighted by molar-refractivity contribution is 0.183. The smallest absolute Gasteiger partial charge is 0.159 e. The molecule has 0 bridgehead atoms. The average Bonchev–Trinajstić information content (AvgIpc) is 2.87. The standard InChI is InChI=1S/C13H20N4OS/c1-7-8(2)16-17-13(11(7)12(14)19)15-9(3)10-4-5-18-6-10/h9-10H,4-6H2,1-3H3,(H2,14,19)(H,15,17). The molecular formula is C13H20N4OS. The van der Waals surface area contributed by atoms with E-state index >= 15 is 0 Å². The quantitative estimate of drug-likeness (QED) is 0.816. The Morgan fingerprint density at radius 3 is 2.79 bits per heavy atom. The van der Waals surface area contributed by atoms with Crippen molar-refractivity contribution in [1.29, 1.82) is 0 Å². The highest BCUT2D eigenvalue weighted by molar-refractivity contribution is 7.80. The summed E-state index contributed by atoms with van der Waals surface area (Å²) >= 11 is 5.13. The molecule has 1 aromatic rings. The molecule has 1 saturated heterocycles. The molecule has 1 aliphatic rings. The zero-order chi connectivity index (χ0) is 14.0. The first-order chi connectivity index (χ1) is 9.00. The topological polar surface area (TPSA) is 73.1 Å². The number of aryl methyl sites for hydroxylation is 1. The number of anilines is 1. The number of thiocarbonyl (C=S) groups is 1. The number of hydrogen-bond donors (Lipinski definition) is 2. The molecular weight excluding hydrogens is 260 g/mol. The summed E-state index contributed by atoms with van der Waals surface area (Å²) in [6.07, 6.45) is 1.06. The maximum absolute atomic E-state index is 5.81. The molecule has 2 rings (SSSR count). The Labute approximate surface area is 118 Å². The fraction of sp³-hybridized carbons (Fsp3) is 0.615. The molecule has 0 radical (unpaired) electrons. The van der Waals surface area contributed by atoms with Crippen molar-refractivity contribution in [1.82, 2.24) is 10.2 Å². The highest BCUT2D eigenvalue weighted by Crippen LogP contribution is 2.23. The Morgan fingerprint density at radius 1 is 1.47 bits per heavy atom. The zero-order valence-electron chi connectivity index (χ0n) is 11.6. The van der Waals surface area contributed by atoms with E-state index in [1.807, 2.05) is 13.8 Å². The third-order valence-electron chi connectivity index (χ3n) is 3.74. The molecule has 104 valence electrons. The highest BCUT2D eigenvalue weighted by atomic mass is 32.1. The second kappa shape index (κ2) is 5.79. The summed E-state index contributed by atoms with van der Waals surface area (Å²) in [5.74, 6) is 1.16. The average molecular weight is 280 g/mol. The summed E-state index contributed by atoms with van der Waals surface area (Å²) in [5.41, 5.74) is 8.45. The van der Waals surface area contributed by atoms with Gasteiger partial charge in [0.25, 0.3) is 0 Å². The summed E-state index contributed by atoms with van der Waals surface area (Å²) in [4.78, 5) is 0.355. The van der Waals surface area contributed by atoms with Crippen LogP contribution in [0, 0.1) is 19.8 Å². The van der Waals surface area contributed by atoms with Gasteiger partial charge in [-0.2, -0.15) is 5.10 Å². The van der Waals surface area contributed by atoms with E-state index in [2.05, 4.69) is 22.4 Å². The van der Waals surface area contributed by atoms with Crippen molar-refractivity contribution in [2.24, 2.45) is 11.7 Å². The van der Waals surface area contributed by atoms with Crippen LogP contribution in [0.3, 0.4) is 0 Å². The molecule has 1 aromatic heterocycles. The van der Waals surface area contributed by atoms with Gasteiger partial charge in [-0.15, -0.1) is 5.10 Å². The van der Waals surface area contributed by atoms with Gasteiger partial charge in [-0.05, 0) is 32.8 Å². The zero-order valence-corrected chi connectivity index (χ0v) is 12.4. The number of nitrogens with one attached hydrogen (secondary N) is 1. The van der Waals surface area contributed by atoms with Gasteiger partial charge in [0.15, 0.2) is 5.82 Å². The Morgan fingerprint density at radius 2 is 2.21 bits per heavy atom. The minimum Gasteiger partial charge on any atom is -0.389 e. The van der Waals surface area contributed by atoms with E-state index in [1.54, 1.807) is 0 Å². The van der Waals surface area contributed by atoms with Gasteiger partial charge < -0.3 is 15.8 Å². The number of rotatable bonds is 4. The third-order valence-corrected chi connectivity index (χ3v) is 3.94. The first-order valence-electron chi connectivity index (χ1n) is 6.48. The number of nitrogens with two attached hydrogens (primary N) is 1. The molecule has 0 aromatic carbocycles. The minimum absolute atomic E-state index is 0.256. The molecule has 0 amide bonds. The predicted octanol–water partition coefficient (Wildman–Crippen LogP) is 1.56. The molecule has 5 nitrogen and oxygen atoms in total. The molecule has 1 aliphatic heterocycles. The summed E-state index contributed by atoms with van der Waals surface area (Å²) < 4.78 is 5.41. The SMILES string of the molecule is Cc1nnc(NC(C)C2CCOC2)c(C(N)=S)c1C. The molecule has 0 spiro atoms. The van der Waals surface area contributed by atoms with E-state index in [4.69, 9.17) is 22.7 Å². The van der Waals surface area contributed by atoms with E-state index in [-0.39, 0.29) is 6.04 Å². The monoisotopic (exact) mass is 280 g/mol.